The minimum atomic E-state index is 0.0171. The first-order chi connectivity index (χ1) is 12.1. The molecule has 0 bridgehead atoms. The van der Waals surface area contributed by atoms with Gasteiger partial charge in [-0.3, -0.25) is 4.79 Å². The number of hydrogen-bond acceptors (Lipinski definition) is 6. The lowest BCUT2D eigenvalue weighted by Crippen LogP contribution is -2.39. The van der Waals surface area contributed by atoms with E-state index in [1.807, 2.05) is 17.0 Å². The van der Waals surface area contributed by atoms with Crippen LogP contribution in [0, 0.1) is 6.92 Å². The van der Waals surface area contributed by atoms with Gasteiger partial charge in [0, 0.05) is 45.2 Å². The Balaban J connectivity index is 1.69. The quantitative estimate of drug-likeness (QED) is 0.831. The van der Waals surface area contributed by atoms with Crippen molar-refractivity contribution in [2.45, 2.75) is 39.5 Å². The van der Waals surface area contributed by atoms with Crippen LogP contribution in [0.3, 0.4) is 0 Å². The van der Waals surface area contributed by atoms with Crippen LogP contribution < -0.4 is 4.90 Å². The second-order valence-corrected chi connectivity index (χ2v) is 6.34. The number of hydrogen-bond donors (Lipinski definition) is 0. The predicted molar refractivity (Wildman–Crippen MR) is 94.7 cm³/mol. The largest absolute Gasteiger partial charge is 0.357 e. The normalized spacial score (nSPS) is 17.6. The molecule has 1 fully saturated rings. The Morgan fingerprint density at radius 1 is 1.36 bits per heavy atom. The molecule has 1 unspecified atom stereocenters. The minimum absolute atomic E-state index is 0.0171. The average molecular weight is 343 g/mol. The fourth-order valence-electron chi connectivity index (χ4n) is 3.28. The lowest BCUT2D eigenvalue weighted by molar-refractivity contribution is 0.0703. The molecule has 134 valence electrons. The summed E-state index contributed by atoms with van der Waals surface area (Å²) in [6.45, 7) is 9.14. The zero-order chi connectivity index (χ0) is 17.8. The molecule has 1 aliphatic heterocycles. The maximum absolute atomic E-state index is 12.8. The fraction of sp³-hybridized carbons (Fsp3) is 0.556. The van der Waals surface area contributed by atoms with Crippen molar-refractivity contribution in [1.82, 2.24) is 20.0 Å². The molecular formula is C18H25N5O2. The number of likely N-dealkylation sites (tertiary alicyclic amines) is 1. The fourth-order valence-corrected chi connectivity index (χ4v) is 3.28. The highest BCUT2D eigenvalue weighted by Crippen LogP contribution is 2.26. The second kappa shape index (κ2) is 7.63. The van der Waals surface area contributed by atoms with Gasteiger partial charge in [-0.2, -0.15) is 4.98 Å². The van der Waals surface area contributed by atoms with Crippen LogP contribution in [-0.2, 0) is 0 Å². The summed E-state index contributed by atoms with van der Waals surface area (Å²) in [5, 5.41) is 4.01. The summed E-state index contributed by atoms with van der Waals surface area (Å²) in [5.41, 5.74) is 0.626. The minimum Gasteiger partial charge on any atom is -0.357 e. The monoisotopic (exact) mass is 343 g/mol. The van der Waals surface area contributed by atoms with Crippen LogP contribution in [0.1, 0.15) is 54.7 Å². The van der Waals surface area contributed by atoms with Gasteiger partial charge < -0.3 is 14.3 Å². The van der Waals surface area contributed by atoms with Crippen LogP contribution in [-0.4, -0.2) is 52.1 Å². The van der Waals surface area contributed by atoms with E-state index >= 15 is 0 Å². The van der Waals surface area contributed by atoms with Crippen molar-refractivity contribution in [2.24, 2.45) is 0 Å². The Morgan fingerprint density at radius 3 is 2.76 bits per heavy atom. The third-order valence-electron chi connectivity index (χ3n) is 4.70. The number of anilines is 1. The van der Waals surface area contributed by atoms with E-state index in [1.54, 1.807) is 13.1 Å². The summed E-state index contributed by atoms with van der Waals surface area (Å²) in [6, 6.07) is 3.79. The lowest BCUT2D eigenvalue weighted by Gasteiger charge is -2.31. The molecule has 2 aromatic rings. The molecule has 3 heterocycles. The average Bonchev–Trinajstić information content (AvgIpc) is 3.09. The number of rotatable bonds is 5. The van der Waals surface area contributed by atoms with Crippen molar-refractivity contribution in [3.63, 3.8) is 0 Å². The Hall–Kier alpha value is -2.44. The maximum atomic E-state index is 12.8. The molecule has 7 heteroatoms. The standard InChI is InChI=1S/C18H25N5O2/c1-4-22(5-2)16-9-8-14(11-19-16)18(24)23-10-6-7-15(12-23)17-20-13(3)25-21-17/h8-9,11,15H,4-7,10,12H2,1-3H3. The van der Waals surface area contributed by atoms with Gasteiger partial charge in [-0.05, 0) is 38.8 Å². The molecule has 0 aliphatic carbocycles. The predicted octanol–water partition coefficient (Wildman–Crippen LogP) is 2.64. The molecular weight excluding hydrogens is 318 g/mol. The van der Waals surface area contributed by atoms with Crippen LogP contribution >= 0.6 is 0 Å². The van der Waals surface area contributed by atoms with Gasteiger partial charge in [-0.1, -0.05) is 5.16 Å². The van der Waals surface area contributed by atoms with E-state index in [2.05, 4.69) is 33.9 Å². The SMILES string of the molecule is CCN(CC)c1ccc(C(=O)N2CCCC(c3noc(C)n3)C2)cn1. The van der Waals surface area contributed by atoms with Gasteiger partial charge in [0.05, 0.1) is 5.56 Å². The second-order valence-electron chi connectivity index (χ2n) is 6.34. The molecule has 7 nitrogen and oxygen atoms in total. The summed E-state index contributed by atoms with van der Waals surface area (Å²) < 4.78 is 5.08. The van der Waals surface area contributed by atoms with E-state index in [-0.39, 0.29) is 11.8 Å². The van der Waals surface area contributed by atoms with E-state index in [1.165, 1.54) is 0 Å². The topological polar surface area (TPSA) is 75.4 Å². The number of carbonyl (C=O) groups is 1. The summed E-state index contributed by atoms with van der Waals surface area (Å²) in [4.78, 5) is 25.6. The molecule has 0 spiro atoms. The van der Waals surface area contributed by atoms with Gasteiger partial charge in [-0.15, -0.1) is 0 Å². The van der Waals surface area contributed by atoms with Gasteiger partial charge in [0.2, 0.25) is 5.89 Å². The van der Waals surface area contributed by atoms with Gasteiger partial charge >= 0.3 is 0 Å². The summed E-state index contributed by atoms with van der Waals surface area (Å²) in [7, 11) is 0. The smallest absolute Gasteiger partial charge is 0.255 e. The highest BCUT2D eigenvalue weighted by atomic mass is 16.5. The van der Waals surface area contributed by atoms with Crippen LogP contribution in [0.4, 0.5) is 5.82 Å². The number of pyridine rings is 1. The number of amides is 1. The zero-order valence-electron chi connectivity index (χ0n) is 15.1. The lowest BCUT2D eigenvalue weighted by atomic mass is 9.97. The molecule has 0 radical (unpaired) electrons. The van der Waals surface area contributed by atoms with Crippen LogP contribution in [0.15, 0.2) is 22.9 Å². The van der Waals surface area contributed by atoms with E-state index < -0.39 is 0 Å². The number of nitrogens with zero attached hydrogens (tertiary/aromatic N) is 5. The van der Waals surface area contributed by atoms with Crippen LogP contribution in [0.25, 0.3) is 0 Å². The third kappa shape index (κ3) is 3.81. The van der Waals surface area contributed by atoms with Gasteiger partial charge in [0.1, 0.15) is 5.82 Å². The molecule has 1 atom stereocenters. The van der Waals surface area contributed by atoms with Crippen molar-refractivity contribution in [3.8, 4) is 0 Å². The number of aromatic nitrogens is 3. The molecule has 0 aromatic carbocycles. The Kier molecular flexibility index (Phi) is 5.31. The molecule has 0 saturated carbocycles. The van der Waals surface area contributed by atoms with E-state index in [4.69, 9.17) is 4.52 Å². The van der Waals surface area contributed by atoms with E-state index in [0.29, 0.717) is 23.8 Å². The highest BCUT2D eigenvalue weighted by Gasteiger charge is 2.28. The van der Waals surface area contributed by atoms with Crippen molar-refractivity contribution in [2.75, 3.05) is 31.1 Å². The van der Waals surface area contributed by atoms with Crippen molar-refractivity contribution < 1.29 is 9.32 Å². The van der Waals surface area contributed by atoms with E-state index in [9.17, 15) is 4.79 Å². The summed E-state index contributed by atoms with van der Waals surface area (Å²) >= 11 is 0. The summed E-state index contributed by atoms with van der Waals surface area (Å²) in [5.74, 6) is 2.32. The third-order valence-corrected chi connectivity index (χ3v) is 4.70. The van der Waals surface area contributed by atoms with Crippen molar-refractivity contribution in [3.05, 3.63) is 35.6 Å². The van der Waals surface area contributed by atoms with E-state index in [0.717, 1.165) is 38.3 Å². The molecule has 25 heavy (non-hydrogen) atoms. The Bertz CT molecular complexity index is 709. The number of carbonyl (C=O) groups excluding carboxylic acids is 1. The highest BCUT2D eigenvalue weighted by molar-refractivity contribution is 5.94. The first-order valence-corrected chi connectivity index (χ1v) is 8.92. The first-order valence-electron chi connectivity index (χ1n) is 8.92. The van der Waals surface area contributed by atoms with Crippen LogP contribution in [0.5, 0.6) is 0 Å². The van der Waals surface area contributed by atoms with Crippen molar-refractivity contribution in [1.29, 1.82) is 0 Å². The van der Waals surface area contributed by atoms with Gasteiger partial charge in [0.25, 0.3) is 5.91 Å². The molecule has 1 saturated heterocycles. The van der Waals surface area contributed by atoms with Crippen molar-refractivity contribution >= 4 is 11.7 Å². The molecule has 1 aliphatic rings. The zero-order valence-corrected chi connectivity index (χ0v) is 15.1. The summed E-state index contributed by atoms with van der Waals surface area (Å²) in [6.07, 6.45) is 3.59. The number of piperidine rings is 1. The molecule has 2 aromatic heterocycles. The Morgan fingerprint density at radius 2 is 2.16 bits per heavy atom. The first kappa shape index (κ1) is 17.4. The molecule has 1 amide bonds. The molecule has 0 N–H and O–H groups in total. The molecule has 3 rings (SSSR count). The number of aryl methyl sites for hydroxylation is 1. The van der Waals surface area contributed by atoms with Gasteiger partial charge in [0.15, 0.2) is 5.82 Å². The maximum Gasteiger partial charge on any atom is 0.255 e. The van der Waals surface area contributed by atoms with Gasteiger partial charge in [-0.25, -0.2) is 4.98 Å². The Labute approximate surface area is 148 Å². The van der Waals surface area contributed by atoms with Crippen LogP contribution in [0.2, 0.25) is 0 Å².